The van der Waals surface area contributed by atoms with Crippen molar-refractivity contribution in [3.63, 3.8) is 0 Å². The Bertz CT molecular complexity index is 1030. The summed E-state index contributed by atoms with van der Waals surface area (Å²) in [6.07, 6.45) is 1.57. The minimum absolute atomic E-state index is 0.158. The van der Waals surface area contributed by atoms with E-state index in [1.807, 2.05) is 45.0 Å². The number of aryl methyl sites for hydroxylation is 1. The number of rotatable bonds is 4. The first-order valence-corrected chi connectivity index (χ1v) is 8.39. The van der Waals surface area contributed by atoms with Gasteiger partial charge in [0.2, 0.25) is 0 Å². The van der Waals surface area contributed by atoms with Crippen molar-refractivity contribution in [2.45, 2.75) is 26.8 Å². The molecule has 2 aromatic carbocycles. The number of amides is 1. The van der Waals surface area contributed by atoms with E-state index >= 15 is 0 Å². The van der Waals surface area contributed by atoms with Crippen LogP contribution in [0.25, 0.3) is 10.8 Å². The number of nitrogens with zero attached hydrogens (tertiary/aromatic N) is 3. The van der Waals surface area contributed by atoms with Crippen molar-refractivity contribution in [1.82, 2.24) is 15.2 Å². The van der Waals surface area contributed by atoms with Gasteiger partial charge in [0, 0.05) is 5.39 Å². The number of hydrogen-bond donors (Lipinski definition) is 1. The molecular formula is C20H20N4O2. The first-order valence-electron chi connectivity index (χ1n) is 8.39. The van der Waals surface area contributed by atoms with Gasteiger partial charge in [0.15, 0.2) is 5.69 Å². The van der Waals surface area contributed by atoms with Crippen LogP contribution < -0.4 is 11.0 Å². The highest BCUT2D eigenvalue weighted by Gasteiger charge is 2.17. The van der Waals surface area contributed by atoms with Crippen LogP contribution >= 0.6 is 0 Å². The summed E-state index contributed by atoms with van der Waals surface area (Å²) in [6, 6.07) is 14.6. The van der Waals surface area contributed by atoms with Gasteiger partial charge in [0.05, 0.1) is 17.6 Å². The van der Waals surface area contributed by atoms with Gasteiger partial charge in [0.25, 0.3) is 11.5 Å². The van der Waals surface area contributed by atoms with Crippen LogP contribution in [-0.2, 0) is 0 Å². The van der Waals surface area contributed by atoms with Crippen molar-refractivity contribution in [1.29, 1.82) is 0 Å². The smallest absolute Gasteiger partial charge is 0.267 e. The average molecular weight is 348 g/mol. The molecule has 6 nitrogen and oxygen atoms in total. The molecule has 0 atom stereocenters. The summed E-state index contributed by atoms with van der Waals surface area (Å²) in [6.45, 7) is 5.70. The van der Waals surface area contributed by atoms with Gasteiger partial charge in [-0.3, -0.25) is 9.59 Å². The second kappa shape index (κ2) is 7.31. The maximum absolute atomic E-state index is 12.6. The molecule has 0 unspecified atom stereocenters. The number of hydrazone groups is 1. The molecule has 3 aromatic rings. The van der Waals surface area contributed by atoms with Crippen molar-refractivity contribution in [2.24, 2.45) is 5.10 Å². The van der Waals surface area contributed by atoms with E-state index in [0.717, 1.165) is 11.1 Å². The van der Waals surface area contributed by atoms with E-state index in [4.69, 9.17) is 0 Å². The number of hydrogen-bond acceptors (Lipinski definition) is 4. The zero-order valence-corrected chi connectivity index (χ0v) is 14.9. The Morgan fingerprint density at radius 1 is 1.12 bits per heavy atom. The number of aromatic nitrogens is 2. The topological polar surface area (TPSA) is 76.3 Å². The molecule has 132 valence electrons. The number of fused-ring (bicyclic) bond motifs is 1. The molecule has 6 heteroatoms. The van der Waals surface area contributed by atoms with Crippen LogP contribution in [-0.4, -0.2) is 21.9 Å². The maximum atomic E-state index is 12.6. The van der Waals surface area contributed by atoms with Crippen molar-refractivity contribution >= 4 is 22.9 Å². The molecular weight excluding hydrogens is 328 g/mol. The number of carbonyl (C=O) groups is 1. The third-order valence-corrected chi connectivity index (χ3v) is 3.99. The van der Waals surface area contributed by atoms with Crippen LogP contribution in [0, 0.1) is 6.92 Å². The minimum atomic E-state index is -0.459. The Morgan fingerprint density at radius 3 is 2.42 bits per heavy atom. The van der Waals surface area contributed by atoms with Gasteiger partial charge in [-0.15, -0.1) is 0 Å². The quantitative estimate of drug-likeness (QED) is 0.581. The molecule has 0 spiro atoms. The van der Waals surface area contributed by atoms with Gasteiger partial charge in [-0.2, -0.15) is 10.2 Å². The molecule has 0 aliphatic carbocycles. The monoisotopic (exact) mass is 348 g/mol. The molecule has 1 heterocycles. The fourth-order valence-corrected chi connectivity index (χ4v) is 2.60. The fraction of sp³-hybridized carbons (Fsp3) is 0.200. The van der Waals surface area contributed by atoms with E-state index in [-0.39, 0.29) is 17.3 Å². The van der Waals surface area contributed by atoms with Crippen molar-refractivity contribution < 1.29 is 4.79 Å². The first-order chi connectivity index (χ1) is 12.5. The number of nitrogens with one attached hydrogen (secondary N) is 1. The van der Waals surface area contributed by atoms with Gasteiger partial charge in [0.1, 0.15) is 0 Å². The van der Waals surface area contributed by atoms with E-state index in [2.05, 4.69) is 15.6 Å². The normalized spacial score (nSPS) is 11.4. The van der Waals surface area contributed by atoms with E-state index in [1.54, 1.807) is 30.5 Å². The first kappa shape index (κ1) is 17.5. The van der Waals surface area contributed by atoms with E-state index in [1.165, 1.54) is 4.68 Å². The predicted molar refractivity (Wildman–Crippen MR) is 103 cm³/mol. The summed E-state index contributed by atoms with van der Waals surface area (Å²) in [7, 11) is 0. The minimum Gasteiger partial charge on any atom is -0.267 e. The van der Waals surface area contributed by atoms with E-state index in [9.17, 15) is 9.59 Å². The molecule has 0 aliphatic heterocycles. The van der Waals surface area contributed by atoms with Gasteiger partial charge < -0.3 is 0 Å². The highest BCUT2D eigenvalue weighted by atomic mass is 16.2. The Hall–Kier alpha value is -3.28. The van der Waals surface area contributed by atoms with Gasteiger partial charge in [-0.25, -0.2) is 10.1 Å². The molecule has 0 saturated carbocycles. The molecule has 1 amide bonds. The maximum Gasteiger partial charge on any atom is 0.292 e. The summed E-state index contributed by atoms with van der Waals surface area (Å²) in [4.78, 5) is 25.1. The predicted octanol–water partition coefficient (Wildman–Crippen LogP) is 3.05. The Morgan fingerprint density at radius 2 is 1.77 bits per heavy atom. The summed E-state index contributed by atoms with van der Waals surface area (Å²) >= 11 is 0. The van der Waals surface area contributed by atoms with Crippen molar-refractivity contribution in [3.8, 4) is 0 Å². The fourth-order valence-electron chi connectivity index (χ4n) is 2.60. The Balaban J connectivity index is 1.94. The van der Waals surface area contributed by atoms with Crippen LogP contribution in [0.3, 0.4) is 0 Å². The Kier molecular flexibility index (Phi) is 4.93. The summed E-state index contributed by atoms with van der Waals surface area (Å²) in [5, 5.41) is 9.23. The second-order valence-electron chi connectivity index (χ2n) is 6.35. The average Bonchev–Trinajstić information content (AvgIpc) is 2.63. The van der Waals surface area contributed by atoms with Crippen LogP contribution in [0.2, 0.25) is 0 Å². The van der Waals surface area contributed by atoms with Crippen molar-refractivity contribution in [2.75, 3.05) is 0 Å². The van der Waals surface area contributed by atoms with Gasteiger partial charge in [-0.1, -0.05) is 48.0 Å². The van der Waals surface area contributed by atoms with Gasteiger partial charge >= 0.3 is 0 Å². The van der Waals surface area contributed by atoms with Gasteiger partial charge in [-0.05, 0) is 32.4 Å². The highest BCUT2D eigenvalue weighted by molar-refractivity contribution is 6.04. The molecule has 1 N–H and O–H groups in total. The van der Waals surface area contributed by atoms with E-state index < -0.39 is 5.91 Å². The summed E-state index contributed by atoms with van der Waals surface area (Å²) in [5.41, 5.74) is 4.48. The number of carbonyl (C=O) groups excluding carboxylic acids is 1. The van der Waals surface area contributed by atoms with Crippen LogP contribution in [0.5, 0.6) is 0 Å². The standard InChI is InChI=1S/C20H20N4O2/c1-13(2)24-20(26)17-7-5-4-6-16(17)18(23-24)19(25)22-21-12-15-10-8-14(3)9-11-15/h4-13H,1-3H3,(H,22,25)/b21-12-. The zero-order valence-electron chi connectivity index (χ0n) is 14.9. The summed E-state index contributed by atoms with van der Waals surface area (Å²) < 4.78 is 1.32. The molecule has 1 aromatic heterocycles. The lowest BCUT2D eigenvalue weighted by Crippen LogP contribution is -2.30. The lowest BCUT2D eigenvalue weighted by Gasteiger charge is -2.12. The van der Waals surface area contributed by atoms with Crippen molar-refractivity contribution in [3.05, 3.63) is 75.7 Å². The lowest BCUT2D eigenvalue weighted by molar-refractivity contribution is 0.0949. The molecule has 3 rings (SSSR count). The van der Waals surface area contributed by atoms with E-state index in [0.29, 0.717) is 10.8 Å². The molecule has 26 heavy (non-hydrogen) atoms. The lowest BCUT2D eigenvalue weighted by atomic mass is 10.1. The van der Waals surface area contributed by atoms with Crippen LogP contribution in [0.1, 0.15) is 41.5 Å². The SMILES string of the molecule is Cc1ccc(/C=N\NC(=O)c2nn(C(C)C)c(=O)c3ccccc23)cc1. The molecule has 0 aliphatic rings. The zero-order chi connectivity index (χ0) is 18.7. The largest absolute Gasteiger partial charge is 0.292 e. The molecule has 0 fully saturated rings. The second-order valence-corrected chi connectivity index (χ2v) is 6.35. The molecule has 0 radical (unpaired) electrons. The summed E-state index contributed by atoms with van der Waals surface area (Å²) in [5.74, 6) is -0.459. The third kappa shape index (κ3) is 3.54. The number of benzene rings is 2. The van der Waals surface area contributed by atoms with Crippen LogP contribution in [0.4, 0.5) is 0 Å². The third-order valence-electron chi connectivity index (χ3n) is 3.99. The highest BCUT2D eigenvalue weighted by Crippen LogP contribution is 2.14. The Labute approximate surface area is 151 Å². The molecule has 0 saturated heterocycles. The molecule has 0 bridgehead atoms. The van der Waals surface area contributed by atoms with Crippen LogP contribution in [0.15, 0.2) is 58.4 Å².